The van der Waals surface area contributed by atoms with Crippen molar-refractivity contribution in [2.45, 2.75) is 51.6 Å². The second-order valence-corrected chi connectivity index (χ2v) is 13.9. The molecule has 0 spiro atoms. The number of nitrogens with zero attached hydrogens (tertiary/aromatic N) is 2. The Labute approximate surface area is 262 Å². The van der Waals surface area contributed by atoms with Gasteiger partial charge in [-0.05, 0) is 27.7 Å². The molecule has 0 unspecified atom stereocenters. The molecule has 264 valence electrons. The first-order valence-electron chi connectivity index (χ1n) is 13.5. The first kappa shape index (κ1) is 42.1. The van der Waals surface area contributed by atoms with E-state index in [9.17, 15) is 36.0 Å². The summed E-state index contributed by atoms with van der Waals surface area (Å²) in [7, 11) is -8.75. The number of aliphatic hydroxyl groups excluding tert-OH is 2. The average Bonchev–Trinajstić information content (AvgIpc) is 2.84. The monoisotopic (exact) mass is 694 g/mol. The third-order valence-electron chi connectivity index (χ3n) is 5.39. The predicted molar refractivity (Wildman–Crippen MR) is 158 cm³/mol. The fourth-order valence-corrected chi connectivity index (χ4v) is 5.76. The zero-order chi connectivity index (χ0) is 34.9. The number of aliphatic hydroxyl groups is 2. The smallest absolute Gasteiger partial charge is 0.320 e. The first-order valence-corrected chi connectivity index (χ1v) is 16.8. The van der Waals surface area contributed by atoms with E-state index in [1.54, 1.807) is 0 Å². The molecule has 0 fully saturated rings. The third kappa shape index (κ3) is 22.3. The van der Waals surface area contributed by atoms with Crippen LogP contribution in [0.4, 0.5) is 9.59 Å². The highest BCUT2D eigenvalue weighted by atomic mass is 32.2. The van der Waals surface area contributed by atoms with E-state index in [-0.39, 0.29) is 52.3 Å². The predicted octanol–water partition coefficient (Wildman–Crippen LogP) is -2.75. The summed E-state index contributed by atoms with van der Waals surface area (Å²) < 4.78 is 72.7. The fraction of sp³-hybridized carbons (Fsp3) is 0.826. The molecule has 22 heteroatoms. The Morgan fingerprint density at radius 1 is 0.689 bits per heavy atom. The second-order valence-electron chi connectivity index (χ2n) is 11.0. The number of carbonyl (C=O) groups excluding carboxylic acids is 4. The van der Waals surface area contributed by atoms with Crippen molar-refractivity contribution in [3.63, 3.8) is 0 Å². The number of ether oxygens (including phenoxy) is 2. The van der Waals surface area contributed by atoms with Crippen LogP contribution < -0.4 is 21.3 Å². The van der Waals surface area contributed by atoms with Crippen molar-refractivity contribution in [3.8, 4) is 0 Å². The van der Waals surface area contributed by atoms with Gasteiger partial charge < -0.3 is 50.8 Å². The number of rotatable bonds is 22. The maximum atomic E-state index is 12.8. The van der Waals surface area contributed by atoms with Gasteiger partial charge in [-0.3, -0.25) is 18.7 Å². The minimum absolute atomic E-state index is 0.00236. The minimum Gasteiger partial charge on any atom is -0.394 e. The van der Waals surface area contributed by atoms with Crippen LogP contribution in [0.25, 0.3) is 0 Å². The van der Waals surface area contributed by atoms with Gasteiger partial charge in [-0.25, -0.2) is 9.59 Å². The van der Waals surface area contributed by atoms with Crippen LogP contribution in [0.2, 0.25) is 0 Å². The summed E-state index contributed by atoms with van der Waals surface area (Å²) in [5.74, 6) is -2.74. The summed E-state index contributed by atoms with van der Waals surface area (Å²) in [5, 5.41) is 27.5. The lowest BCUT2D eigenvalue weighted by atomic mass is 10.1. The van der Waals surface area contributed by atoms with Crippen LogP contribution in [0.15, 0.2) is 0 Å². The lowest BCUT2D eigenvalue weighted by Crippen LogP contribution is -2.52. The Balaban J connectivity index is 5.13. The summed E-state index contributed by atoms with van der Waals surface area (Å²) in [5.41, 5.74) is -2.61. The molecule has 0 aromatic heterocycles. The van der Waals surface area contributed by atoms with Crippen molar-refractivity contribution in [3.05, 3.63) is 0 Å². The summed E-state index contributed by atoms with van der Waals surface area (Å²) in [6.07, 6.45) is -0.571. The molecule has 0 saturated heterocycles. The van der Waals surface area contributed by atoms with Gasteiger partial charge >= 0.3 is 12.1 Å². The first-order chi connectivity index (χ1) is 20.6. The van der Waals surface area contributed by atoms with Crippen LogP contribution in [0.5, 0.6) is 0 Å². The fourth-order valence-electron chi connectivity index (χ4n) is 3.79. The molecular formula is C23H46N6O14S2. The van der Waals surface area contributed by atoms with Crippen molar-refractivity contribution >= 4 is 44.1 Å². The van der Waals surface area contributed by atoms with Crippen molar-refractivity contribution in [1.29, 1.82) is 0 Å². The van der Waals surface area contributed by atoms with Gasteiger partial charge in [0.25, 0.3) is 20.2 Å². The number of nitrogens with one attached hydrogen (secondary N) is 4. The Morgan fingerprint density at radius 2 is 1.13 bits per heavy atom. The topological polar surface area (TPSA) is 291 Å². The molecule has 0 rings (SSSR count). The van der Waals surface area contributed by atoms with Crippen LogP contribution in [0, 0.1) is 0 Å². The van der Waals surface area contributed by atoms with Gasteiger partial charge in [0.05, 0.1) is 49.1 Å². The third-order valence-corrected chi connectivity index (χ3v) is 7.57. The zero-order valence-electron chi connectivity index (χ0n) is 25.8. The molecular weight excluding hydrogens is 648 g/mol. The Hall–Kier alpha value is -2.86. The normalized spacial score (nSPS) is 12.3. The zero-order valence-corrected chi connectivity index (χ0v) is 27.4. The van der Waals surface area contributed by atoms with Crippen molar-refractivity contribution in [1.82, 2.24) is 31.1 Å². The van der Waals surface area contributed by atoms with E-state index in [0.29, 0.717) is 0 Å². The molecule has 0 aliphatic carbocycles. The van der Waals surface area contributed by atoms with Crippen LogP contribution in [0.1, 0.15) is 40.5 Å². The average molecular weight is 695 g/mol. The van der Waals surface area contributed by atoms with E-state index in [2.05, 4.69) is 21.3 Å². The molecule has 0 aromatic carbocycles. The van der Waals surface area contributed by atoms with Gasteiger partial charge in [-0.1, -0.05) is 0 Å². The number of amides is 6. The second kappa shape index (κ2) is 19.6. The molecule has 45 heavy (non-hydrogen) atoms. The molecule has 0 bridgehead atoms. The highest BCUT2D eigenvalue weighted by Crippen LogP contribution is 2.08. The van der Waals surface area contributed by atoms with Gasteiger partial charge in [0.2, 0.25) is 11.8 Å². The number of hydrogen-bond donors (Lipinski definition) is 8. The number of hydrogen-bond acceptors (Lipinski definition) is 12. The Morgan fingerprint density at radius 3 is 1.56 bits per heavy atom. The standard InChI is InChI=1S/C23H46N6O14S2/c1-22(2,13-44(36,37)38)26-18(32)5-7-28(9-11-42-12-10-30)20(34)24-15-25-21(35)29(16-43-17-31)8-6-19(33)27-23(3,4)14-45(39,40)41/h30-31H,5-17H2,1-4H3,(H,24,34)(H,25,35)(H,26,32)(H,27,33)(H,36,37,38)(H,39,40,41). The van der Waals surface area contributed by atoms with E-state index >= 15 is 0 Å². The molecule has 0 saturated carbocycles. The summed E-state index contributed by atoms with van der Waals surface area (Å²) >= 11 is 0. The lowest BCUT2D eigenvalue weighted by Gasteiger charge is -2.27. The summed E-state index contributed by atoms with van der Waals surface area (Å²) in [4.78, 5) is 52.3. The van der Waals surface area contributed by atoms with Crippen molar-refractivity contribution in [2.24, 2.45) is 0 Å². The largest absolute Gasteiger partial charge is 0.394 e. The summed E-state index contributed by atoms with van der Waals surface area (Å²) in [6.45, 7) is 3.20. The highest BCUT2D eigenvalue weighted by Gasteiger charge is 2.28. The molecule has 0 heterocycles. The van der Waals surface area contributed by atoms with Gasteiger partial charge in [0.15, 0.2) is 0 Å². The van der Waals surface area contributed by atoms with Crippen LogP contribution >= 0.6 is 0 Å². The Bertz CT molecular complexity index is 1180. The maximum absolute atomic E-state index is 12.8. The molecule has 8 N–H and O–H groups in total. The van der Waals surface area contributed by atoms with E-state index in [0.717, 1.165) is 4.90 Å². The van der Waals surface area contributed by atoms with Gasteiger partial charge in [-0.15, -0.1) is 0 Å². The molecule has 0 aliphatic rings. The molecule has 0 atom stereocenters. The van der Waals surface area contributed by atoms with Crippen LogP contribution in [-0.4, -0.2) is 152 Å². The van der Waals surface area contributed by atoms with Gasteiger partial charge in [0.1, 0.15) is 13.5 Å². The van der Waals surface area contributed by atoms with Crippen molar-refractivity contribution in [2.75, 3.05) is 71.2 Å². The number of urea groups is 2. The van der Waals surface area contributed by atoms with E-state index in [1.807, 2.05) is 0 Å². The van der Waals surface area contributed by atoms with Crippen LogP contribution in [-0.2, 0) is 39.3 Å². The SMILES string of the molecule is CC(C)(CS(=O)(=O)O)NC(=O)CCN(CCOCCO)C(=O)NCNC(=O)N(CCC(=O)NC(C)(C)CS(=O)(=O)O)COCO. The van der Waals surface area contributed by atoms with E-state index in [1.165, 1.54) is 32.6 Å². The molecule has 0 radical (unpaired) electrons. The van der Waals surface area contributed by atoms with Crippen LogP contribution in [0.3, 0.4) is 0 Å². The molecule has 0 aromatic rings. The molecule has 6 amide bonds. The lowest BCUT2D eigenvalue weighted by molar-refractivity contribution is -0.123. The highest BCUT2D eigenvalue weighted by molar-refractivity contribution is 7.86. The van der Waals surface area contributed by atoms with Crippen molar-refractivity contribution < 1.29 is 64.8 Å². The summed E-state index contributed by atoms with van der Waals surface area (Å²) in [6, 6.07) is -1.54. The minimum atomic E-state index is -4.38. The quantitative estimate of drug-likeness (QED) is 0.0324. The molecule has 0 aliphatic heterocycles. The number of carbonyl (C=O) groups is 4. The van der Waals surface area contributed by atoms with E-state index < -0.39 is 86.9 Å². The van der Waals surface area contributed by atoms with Gasteiger partial charge in [-0.2, -0.15) is 16.8 Å². The Kier molecular flexibility index (Phi) is 18.4. The maximum Gasteiger partial charge on any atom is 0.320 e. The van der Waals surface area contributed by atoms with Gasteiger partial charge in [0, 0.05) is 32.5 Å². The molecule has 20 nitrogen and oxygen atoms in total. The van der Waals surface area contributed by atoms with E-state index in [4.69, 9.17) is 28.8 Å².